The topological polar surface area (TPSA) is 150 Å². The highest BCUT2D eigenvalue weighted by Crippen LogP contribution is 2.50. The van der Waals surface area contributed by atoms with E-state index in [1.54, 1.807) is 12.2 Å². The van der Waals surface area contributed by atoms with E-state index in [1.165, 1.54) is 32.6 Å². The average Bonchev–Trinajstić information content (AvgIpc) is 3.36. The van der Waals surface area contributed by atoms with Crippen molar-refractivity contribution in [3.05, 3.63) is 39.4 Å². The number of thiazole rings is 1. The Morgan fingerprint density at radius 2 is 1.70 bits per heavy atom. The summed E-state index contributed by atoms with van der Waals surface area (Å²) in [6, 6.07) is 0. The van der Waals surface area contributed by atoms with Crippen LogP contribution in [0, 0.1) is 0 Å². The summed E-state index contributed by atoms with van der Waals surface area (Å²) in [4.78, 5) is 25.3. The summed E-state index contributed by atoms with van der Waals surface area (Å²) in [7, 11) is -8.76. The Bertz CT molecular complexity index is 1630. The van der Waals surface area contributed by atoms with Crippen molar-refractivity contribution >= 4 is 109 Å². The lowest BCUT2D eigenvalue weighted by Crippen LogP contribution is -2.38. The van der Waals surface area contributed by atoms with Gasteiger partial charge in [-0.2, -0.15) is 21.4 Å². The van der Waals surface area contributed by atoms with Gasteiger partial charge in [-0.15, -0.1) is 0 Å². The predicted molar refractivity (Wildman–Crippen MR) is 135 cm³/mol. The van der Waals surface area contributed by atoms with Crippen LogP contribution in [0.4, 0.5) is 5.00 Å². The number of thioether (sulfide) groups is 1. The summed E-state index contributed by atoms with van der Waals surface area (Å²) in [6.45, 7) is 1.85. The standard InChI is InChI=1S/C15H12N2O8S8/c1-2-7(3-8-16(5-32(20,21)22)10-12(26-8)30-14(18)28-10)4-9-17(6-33(23,24)25)11-13(27-9)31-15(19)29-11/h3-4H,2,5-6H2,1H3,(H-,20,21,22,23,24,25)/p+1. The van der Waals surface area contributed by atoms with Crippen molar-refractivity contribution in [3.63, 3.8) is 0 Å². The van der Waals surface area contributed by atoms with Crippen LogP contribution in [0.25, 0.3) is 14.9 Å². The van der Waals surface area contributed by atoms with Crippen molar-refractivity contribution in [2.45, 2.75) is 23.4 Å². The molecule has 0 amide bonds. The van der Waals surface area contributed by atoms with Gasteiger partial charge in [0, 0.05) is 6.08 Å². The molecule has 2 N–H and O–H groups in total. The molecule has 0 radical (unpaired) electrons. The van der Waals surface area contributed by atoms with Crippen LogP contribution in [0.15, 0.2) is 30.5 Å². The molecule has 4 heterocycles. The van der Waals surface area contributed by atoms with Gasteiger partial charge in [0.25, 0.3) is 33.9 Å². The molecule has 0 fully saturated rings. The van der Waals surface area contributed by atoms with E-state index in [4.69, 9.17) is 0 Å². The fraction of sp³-hybridized carbons (Fsp3) is 0.267. The summed E-state index contributed by atoms with van der Waals surface area (Å²) in [5.74, 6) is -1.43. The lowest BCUT2D eigenvalue weighted by Gasteiger charge is -2.17. The maximum atomic E-state index is 11.7. The molecule has 1 aliphatic rings. The van der Waals surface area contributed by atoms with Crippen LogP contribution in [-0.2, 0) is 26.1 Å². The van der Waals surface area contributed by atoms with Crippen molar-refractivity contribution in [2.75, 3.05) is 10.8 Å². The Kier molecular flexibility index (Phi) is 7.04. The molecule has 0 aromatic carbocycles. The van der Waals surface area contributed by atoms with Gasteiger partial charge >= 0.3 is 10.1 Å². The van der Waals surface area contributed by atoms with Gasteiger partial charge in [-0.25, -0.2) is 0 Å². The summed E-state index contributed by atoms with van der Waals surface area (Å²) in [5, 5.41) is 1.42. The van der Waals surface area contributed by atoms with E-state index in [-0.39, 0.29) is 8.11 Å². The molecule has 18 heteroatoms. The second kappa shape index (κ2) is 9.25. The third kappa shape index (κ3) is 5.82. The van der Waals surface area contributed by atoms with Crippen molar-refractivity contribution < 1.29 is 30.5 Å². The van der Waals surface area contributed by atoms with E-state index < -0.39 is 32.0 Å². The first-order chi connectivity index (χ1) is 15.3. The van der Waals surface area contributed by atoms with E-state index in [9.17, 15) is 35.5 Å². The monoisotopic (exact) mass is 605 g/mol. The van der Waals surface area contributed by atoms with Crippen LogP contribution in [0.1, 0.15) is 18.4 Å². The van der Waals surface area contributed by atoms with Gasteiger partial charge in [0.05, 0.1) is 5.03 Å². The van der Waals surface area contributed by atoms with Gasteiger partial charge in [-0.3, -0.25) is 18.7 Å². The summed E-state index contributed by atoms with van der Waals surface area (Å²) in [5.41, 5.74) is 0.700. The van der Waals surface area contributed by atoms with Crippen LogP contribution >= 0.6 is 68.4 Å². The first kappa shape index (κ1) is 25.1. The molecule has 10 nitrogen and oxygen atoms in total. The second-order valence-electron chi connectivity index (χ2n) is 6.47. The van der Waals surface area contributed by atoms with E-state index >= 15 is 0 Å². The molecule has 33 heavy (non-hydrogen) atoms. The van der Waals surface area contributed by atoms with Gasteiger partial charge < -0.3 is 4.90 Å². The quantitative estimate of drug-likeness (QED) is 0.304. The molecule has 1 aliphatic heterocycles. The molecule has 0 spiro atoms. The molecule has 0 atom stereocenters. The normalized spacial score (nSPS) is 16.3. The molecule has 3 aromatic heterocycles. The highest BCUT2D eigenvalue weighted by molar-refractivity contribution is 8.05. The lowest BCUT2D eigenvalue weighted by molar-refractivity contribution is -0.647. The largest absolute Gasteiger partial charge is 0.326 e. The Labute approximate surface area is 211 Å². The molecule has 178 valence electrons. The number of anilines is 1. The fourth-order valence-corrected chi connectivity index (χ4v) is 11.8. The zero-order valence-electron chi connectivity index (χ0n) is 16.3. The van der Waals surface area contributed by atoms with Gasteiger partial charge in [0.2, 0.25) is 0 Å². The second-order valence-corrected chi connectivity index (χ2v) is 16.3. The van der Waals surface area contributed by atoms with Crippen LogP contribution in [0.2, 0.25) is 0 Å². The maximum Gasteiger partial charge on any atom is 0.326 e. The van der Waals surface area contributed by atoms with Crippen molar-refractivity contribution in [1.29, 1.82) is 0 Å². The highest BCUT2D eigenvalue weighted by atomic mass is 32.2. The molecule has 4 rings (SSSR count). The molecule has 0 saturated heterocycles. The van der Waals surface area contributed by atoms with Crippen LogP contribution < -0.4 is 17.6 Å². The summed E-state index contributed by atoms with van der Waals surface area (Å²) in [6.07, 6.45) is 3.89. The third-order valence-electron chi connectivity index (χ3n) is 4.09. The van der Waals surface area contributed by atoms with Crippen molar-refractivity contribution in [3.8, 4) is 0 Å². The van der Waals surface area contributed by atoms with Crippen molar-refractivity contribution in [2.24, 2.45) is 0 Å². The molecular formula is C15H13N2O8S8+. The van der Waals surface area contributed by atoms with E-state index in [0.717, 1.165) is 45.3 Å². The van der Waals surface area contributed by atoms with Gasteiger partial charge in [0.15, 0.2) is 9.89 Å². The molecule has 0 bridgehead atoms. The Morgan fingerprint density at radius 1 is 1.00 bits per heavy atom. The molecule has 0 saturated carbocycles. The Hall–Kier alpha value is -0.960. The number of aromatic nitrogens is 1. The predicted octanol–water partition coefficient (Wildman–Crippen LogP) is 3.09. The van der Waals surface area contributed by atoms with E-state index in [0.29, 0.717) is 40.1 Å². The van der Waals surface area contributed by atoms with E-state index in [1.807, 2.05) is 6.92 Å². The average molecular weight is 606 g/mol. The number of fused-ring (bicyclic) bond motifs is 2. The minimum absolute atomic E-state index is 0.193. The SMILES string of the molecule is CCC(=Cc1sc2sc(=O)sc2[n+]1CS(=O)(=O)O)C=C1Sc2sc(=O)sc2N1CS(=O)(=O)O. The molecule has 0 aliphatic carbocycles. The van der Waals surface area contributed by atoms with Gasteiger partial charge in [0.1, 0.15) is 9.21 Å². The minimum atomic E-state index is -4.38. The lowest BCUT2D eigenvalue weighted by atomic mass is 10.2. The highest BCUT2D eigenvalue weighted by Gasteiger charge is 2.32. The number of rotatable bonds is 7. The minimum Gasteiger partial charge on any atom is -0.308 e. The maximum absolute atomic E-state index is 11.7. The first-order valence-corrected chi connectivity index (χ1v) is 16.8. The number of allylic oxidation sites excluding steroid dienone is 2. The summed E-state index contributed by atoms with van der Waals surface area (Å²) >= 11 is 6.17. The number of hydrogen-bond donors (Lipinski definition) is 2. The summed E-state index contributed by atoms with van der Waals surface area (Å²) < 4.78 is 67.2. The number of hydrogen-bond acceptors (Lipinski definition) is 13. The molecule has 3 aromatic rings. The van der Waals surface area contributed by atoms with Crippen LogP contribution in [0.5, 0.6) is 0 Å². The van der Waals surface area contributed by atoms with Gasteiger partial charge in [-0.05, 0) is 40.7 Å². The van der Waals surface area contributed by atoms with Crippen molar-refractivity contribution in [1.82, 2.24) is 0 Å². The van der Waals surface area contributed by atoms with E-state index in [2.05, 4.69) is 0 Å². The van der Waals surface area contributed by atoms with Crippen LogP contribution in [-0.4, -0.2) is 31.8 Å². The zero-order valence-corrected chi connectivity index (χ0v) is 22.8. The molecule has 0 unspecified atom stereocenters. The first-order valence-electron chi connectivity index (χ1n) is 8.71. The van der Waals surface area contributed by atoms with Crippen LogP contribution in [0.3, 0.4) is 0 Å². The Morgan fingerprint density at radius 3 is 2.33 bits per heavy atom. The molecular weight excluding hydrogens is 593 g/mol. The van der Waals surface area contributed by atoms with Gasteiger partial charge in [-0.1, -0.05) is 52.7 Å². The smallest absolute Gasteiger partial charge is 0.308 e. The Balaban J connectivity index is 1.79. The zero-order chi connectivity index (χ0) is 24.1. The number of nitrogens with zero attached hydrogens (tertiary/aromatic N) is 2. The fourth-order valence-electron chi connectivity index (χ4n) is 2.83. The third-order valence-corrected chi connectivity index (χ3v) is 12.3.